The van der Waals surface area contributed by atoms with Crippen molar-refractivity contribution in [3.63, 3.8) is 0 Å². The molecule has 0 radical (unpaired) electrons. The Morgan fingerprint density at radius 3 is 2.59 bits per heavy atom. The zero-order valence-corrected chi connectivity index (χ0v) is 14.0. The third kappa shape index (κ3) is 4.64. The van der Waals surface area contributed by atoms with Crippen LogP contribution in [0.5, 0.6) is 0 Å². The first-order valence-electron chi connectivity index (χ1n) is 7.43. The lowest BCUT2D eigenvalue weighted by atomic mass is 10.0. The Labute approximate surface area is 135 Å². The molecule has 4 nitrogen and oxygen atoms in total. The smallest absolute Gasteiger partial charge is 0.320 e. The molecule has 22 heavy (non-hydrogen) atoms. The van der Waals surface area contributed by atoms with Crippen molar-refractivity contribution in [3.8, 4) is 10.6 Å². The quantitative estimate of drug-likeness (QED) is 0.817. The Bertz CT molecular complexity index is 620. The van der Waals surface area contributed by atoms with Gasteiger partial charge in [-0.15, -0.1) is 11.3 Å². The Morgan fingerprint density at radius 1 is 1.32 bits per heavy atom. The van der Waals surface area contributed by atoms with Gasteiger partial charge in [0, 0.05) is 23.2 Å². The fourth-order valence-corrected chi connectivity index (χ4v) is 3.05. The van der Waals surface area contributed by atoms with Crippen LogP contribution in [0.25, 0.3) is 10.6 Å². The van der Waals surface area contributed by atoms with Crippen LogP contribution in [0.2, 0.25) is 0 Å². The average molecular weight is 318 g/mol. The zero-order valence-electron chi connectivity index (χ0n) is 13.2. The van der Waals surface area contributed by atoms with Gasteiger partial charge in [0.1, 0.15) is 11.0 Å². The summed E-state index contributed by atoms with van der Waals surface area (Å²) >= 11 is 1.60. The summed E-state index contributed by atoms with van der Waals surface area (Å²) in [6.45, 7) is 6.65. The minimum atomic E-state index is -0.794. The third-order valence-corrected chi connectivity index (χ3v) is 4.43. The summed E-state index contributed by atoms with van der Waals surface area (Å²) in [5, 5.41) is 13.3. The summed E-state index contributed by atoms with van der Waals surface area (Å²) in [5.41, 5.74) is 2.32. The number of nitrogens with one attached hydrogen (secondary N) is 1. The molecule has 1 aromatic heterocycles. The fraction of sp³-hybridized carbons (Fsp3) is 0.412. The molecule has 118 valence electrons. The average Bonchev–Trinajstić information content (AvgIpc) is 2.92. The number of hydrogen-bond acceptors (Lipinski definition) is 4. The van der Waals surface area contributed by atoms with Crippen LogP contribution >= 0.6 is 11.3 Å². The molecule has 2 rings (SSSR count). The Morgan fingerprint density at radius 2 is 2.00 bits per heavy atom. The highest BCUT2D eigenvalue weighted by Gasteiger charge is 2.18. The SMILES string of the molecule is Cc1ccc(-c2ncc(CN[C@@H](CC(C)C)C(=O)O)s2)cc1. The van der Waals surface area contributed by atoms with Gasteiger partial charge in [-0.2, -0.15) is 0 Å². The van der Waals surface area contributed by atoms with E-state index < -0.39 is 12.0 Å². The number of carbonyl (C=O) groups is 1. The van der Waals surface area contributed by atoms with E-state index in [4.69, 9.17) is 0 Å². The van der Waals surface area contributed by atoms with Crippen LogP contribution in [0.4, 0.5) is 0 Å². The molecule has 0 aliphatic heterocycles. The zero-order chi connectivity index (χ0) is 16.1. The van der Waals surface area contributed by atoms with Gasteiger partial charge >= 0.3 is 5.97 Å². The molecule has 0 saturated heterocycles. The number of thiazole rings is 1. The predicted octanol–water partition coefficient (Wildman–Crippen LogP) is 3.71. The number of carboxylic acid groups (broad SMARTS) is 1. The van der Waals surface area contributed by atoms with Crippen LogP contribution in [-0.2, 0) is 11.3 Å². The number of benzene rings is 1. The molecule has 5 heteroatoms. The molecule has 0 amide bonds. The maximum atomic E-state index is 11.2. The van der Waals surface area contributed by atoms with Crippen molar-refractivity contribution in [3.05, 3.63) is 40.9 Å². The van der Waals surface area contributed by atoms with Gasteiger partial charge in [0.2, 0.25) is 0 Å². The van der Waals surface area contributed by atoms with Gasteiger partial charge in [-0.1, -0.05) is 43.7 Å². The lowest BCUT2D eigenvalue weighted by Crippen LogP contribution is -2.37. The van der Waals surface area contributed by atoms with E-state index in [-0.39, 0.29) is 0 Å². The molecule has 0 bridgehead atoms. The van der Waals surface area contributed by atoms with Crippen molar-refractivity contribution in [1.29, 1.82) is 0 Å². The number of aromatic nitrogens is 1. The second-order valence-electron chi connectivity index (χ2n) is 5.90. The van der Waals surface area contributed by atoms with Gasteiger partial charge in [0.25, 0.3) is 0 Å². The molecular weight excluding hydrogens is 296 g/mol. The second-order valence-corrected chi connectivity index (χ2v) is 7.01. The van der Waals surface area contributed by atoms with Gasteiger partial charge in [-0.05, 0) is 19.3 Å². The first-order chi connectivity index (χ1) is 10.5. The van der Waals surface area contributed by atoms with Crippen molar-refractivity contribution in [2.45, 2.75) is 39.8 Å². The van der Waals surface area contributed by atoms with Crippen LogP contribution in [0.3, 0.4) is 0 Å². The predicted molar refractivity (Wildman–Crippen MR) is 90.0 cm³/mol. The standard InChI is InChI=1S/C17H22N2O2S/c1-11(2)8-15(17(20)21)18-9-14-10-19-16(22-14)13-6-4-12(3)5-7-13/h4-7,10-11,15,18H,8-9H2,1-3H3,(H,20,21)/t15-/m0/s1. The lowest BCUT2D eigenvalue weighted by Gasteiger charge is -2.15. The van der Waals surface area contributed by atoms with E-state index in [0.717, 1.165) is 15.4 Å². The van der Waals surface area contributed by atoms with Crippen molar-refractivity contribution in [2.24, 2.45) is 5.92 Å². The van der Waals surface area contributed by atoms with E-state index in [9.17, 15) is 9.90 Å². The molecule has 2 aromatic rings. The van der Waals surface area contributed by atoms with Crippen LogP contribution < -0.4 is 5.32 Å². The molecule has 1 aromatic carbocycles. The first-order valence-corrected chi connectivity index (χ1v) is 8.25. The van der Waals surface area contributed by atoms with Gasteiger partial charge in [-0.3, -0.25) is 10.1 Å². The molecule has 0 aliphatic rings. The molecule has 2 N–H and O–H groups in total. The van der Waals surface area contributed by atoms with Crippen LogP contribution in [0.15, 0.2) is 30.5 Å². The Hall–Kier alpha value is -1.72. The van der Waals surface area contributed by atoms with Crippen molar-refractivity contribution < 1.29 is 9.90 Å². The summed E-state index contributed by atoms with van der Waals surface area (Å²) in [4.78, 5) is 16.7. The largest absolute Gasteiger partial charge is 0.480 e. The number of nitrogens with zero attached hydrogens (tertiary/aromatic N) is 1. The highest BCUT2D eigenvalue weighted by atomic mass is 32.1. The summed E-state index contributed by atoms with van der Waals surface area (Å²) in [6.07, 6.45) is 2.44. The van der Waals surface area contributed by atoms with Crippen molar-refractivity contribution in [2.75, 3.05) is 0 Å². The molecular formula is C17H22N2O2S. The van der Waals surface area contributed by atoms with E-state index in [1.807, 2.05) is 20.0 Å². The highest BCUT2D eigenvalue weighted by molar-refractivity contribution is 7.15. The van der Waals surface area contributed by atoms with E-state index in [0.29, 0.717) is 18.9 Å². The number of carboxylic acids is 1. The monoisotopic (exact) mass is 318 g/mol. The van der Waals surface area contributed by atoms with Crippen molar-refractivity contribution in [1.82, 2.24) is 10.3 Å². The summed E-state index contributed by atoms with van der Waals surface area (Å²) in [7, 11) is 0. The van der Waals surface area contributed by atoms with Gasteiger partial charge in [0.05, 0.1) is 0 Å². The third-order valence-electron chi connectivity index (χ3n) is 3.38. The maximum absolute atomic E-state index is 11.2. The highest BCUT2D eigenvalue weighted by Crippen LogP contribution is 2.25. The summed E-state index contributed by atoms with van der Waals surface area (Å²) in [5.74, 6) is -0.449. The van der Waals surface area contributed by atoms with Crippen LogP contribution in [-0.4, -0.2) is 22.1 Å². The molecule has 1 heterocycles. The Balaban J connectivity index is 1.99. The molecule has 0 unspecified atom stereocenters. The minimum absolute atomic E-state index is 0.346. The van der Waals surface area contributed by atoms with Crippen LogP contribution in [0.1, 0.15) is 30.7 Å². The Kier molecular flexibility index (Phi) is 5.69. The summed E-state index contributed by atoms with van der Waals surface area (Å²) < 4.78 is 0. The first kappa shape index (κ1) is 16.6. The number of aliphatic carboxylic acids is 1. The second kappa shape index (κ2) is 7.51. The van der Waals surface area contributed by atoms with Crippen molar-refractivity contribution >= 4 is 17.3 Å². The van der Waals surface area contributed by atoms with E-state index in [1.54, 1.807) is 11.3 Å². The van der Waals surface area contributed by atoms with Gasteiger partial charge in [-0.25, -0.2) is 4.98 Å². The molecule has 0 spiro atoms. The number of aryl methyl sites for hydroxylation is 1. The van der Waals surface area contributed by atoms with E-state index >= 15 is 0 Å². The number of rotatable bonds is 7. The van der Waals surface area contributed by atoms with Gasteiger partial charge < -0.3 is 5.11 Å². The molecule has 0 saturated carbocycles. The summed E-state index contributed by atoms with van der Waals surface area (Å²) in [6, 6.07) is 7.74. The van der Waals surface area contributed by atoms with E-state index in [2.05, 4.69) is 41.5 Å². The van der Waals surface area contributed by atoms with E-state index in [1.165, 1.54) is 5.56 Å². The minimum Gasteiger partial charge on any atom is -0.480 e. The molecule has 1 atom stereocenters. The lowest BCUT2D eigenvalue weighted by molar-refractivity contribution is -0.140. The van der Waals surface area contributed by atoms with Gasteiger partial charge in [0.15, 0.2) is 0 Å². The molecule has 0 fully saturated rings. The number of hydrogen-bond donors (Lipinski definition) is 2. The van der Waals surface area contributed by atoms with Crippen LogP contribution in [0, 0.1) is 12.8 Å². The fourth-order valence-electron chi connectivity index (χ4n) is 2.19. The maximum Gasteiger partial charge on any atom is 0.320 e. The normalized spacial score (nSPS) is 12.5. The molecule has 0 aliphatic carbocycles. The topological polar surface area (TPSA) is 62.2 Å².